The zero-order chi connectivity index (χ0) is 14.5. The third-order valence-corrected chi connectivity index (χ3v) is 4.42. The fourth-order valence-corrected chi connectivity index (χ4v) is 3.38. The topological polar surface area (TPSA) is 52.3 Å². The highest BCUT2D eigenvalue weighted by Gasteiger charge is 2.07. The van der Waals surface area contributed by atoms with Crippen LogP contribution in [0.25, 0.3) is 0 Å². The monoisotopic (exact) mass is 289 g/mol. The lowest BCUT2D eigenvalue weighted by molar-refractivity contribution is 0.414. The molecule has 0 aromatic heterocycles. The highest BCUT2D eigenvalue weighted by Crippen LogP contribution is 2.20. The van der Waals surface area contributed by atoms with Gasteiger partial charge in [-0.15, -0.1) is 0 Å². The largest absolute Gasteiger partial charge is 0.497 e. The van der Waals surface area contributed by atoms with Gasteiger partial charge in [0, 0.05) is 34.1 Å². The van der Waals surface area contributed by atoms with E-state index in [2.05, 4.69) is 0 Å². The summed E-state index contributed by atoms with van der Waals surface area (Å²) in [5.41, 5.74) is 9.68. The fraction of sp³-hybridized carbons (Fsp3) is 0.250. The predicted octanol–water partition coefficient (Wildman–Crippen LogP) is 3.03. The number of nitrogen functional groups attached to an aromatic ring is 1. The Hall–Kier alpha value is -1.81. The number of methoxy groups -OCH3 is 1. The van der Waals surface area contributed by atoms with Crippen LogP contribution in [0.5, 0.6) is 5.75 Å². The smallest absolute Gasteiger partial charge is 0.121 e. The summed E-state index contributed by atoms with van der Waals surface area (Å²) in [6, 6.07) is 13.5. The van der Waals surface area contributed by atoms with E-state index in [0.717, 1.165) is 11.1 Å². The summed E-state index contributed by atoms with van der Waals surface area (Å²) in [5.74, 6) is 1.74. The van der Waals surface area contributed by atoms with Gasteiger partial charge >= 0.3 is 0 Å². The van der Waals surface area contributed by atoms with Gasteiger partial charge in [-0.3, -0.25) is 4.21 Å². The molecule has 106 valence electrons. The van der Waals surface area contributed by atoms with Gasteiger partial charge in [-0.05, 0) is 35.7 Å². The quantitative estimate of drug-likeness (QED) is 0.861. The zero-order valence-electron chi connectivity index (χ0n) is 11.8. The van der Waals surface area contributed by atoms with E-state index in [-0.39, 0.29) is 0 Å². The molecule has 4 heteroatoms. The summed E-state index contributed by atoms with van der Waals surface area (Å²) in [7, 11) is 0.638. The Morgan fingerprint density at radius 3 is 2.60 bits per heavy atom. The van der Waals surface area contributed by atoms with Gasteiger partial charge in [0.2, 0.25) is 0 Å². The van der Waals surface area contributed by atoms with Gasteiger partial charge in [0.15, 0.2) is 0 Å². The van der Waals surface area contributed by atoms with E-state index in [1.165, 1.54) is 5.56 Å². The van der Waals surface area contributed by atoms with Crippen molar-refractivity contribution in [3.63, 3.8) is 0 Å². The molecule has 1 unspecified atom stereocenters. The second-order valence-corrected chi connectivity index (χ2v) is 6.23. The molecule has 0 fully saturated rings. The van der Waals surface area contributed by atoms with Gasteiger partial charge in [-0.1, -0.05) is 24.3 Å². The van der Waals surface area contributed by atoms with Crippen molar-refractivity contribution >= 4 is 16.5 Å². The Kier molecular flexibility index (Phi) is 4.79. The van der Waals surface area contributed by atoms with Crippen molar-refractivity contribution in [2.24, 2.45) is 0 Å². The Morgan fingerprint density at radius 1 is 1.15 bits per heavy atom. The van der Waals surface area contributed by atoms with E-state index >= 15 is 0 Å². The standard InChI is InChI=1S/C16H19NO2S/c1-12-5-3-4-6-14(12)11-20(18)10-13-7-15(17)9-16(8-13)19-2/h3-9H,10-11,17H2,1-2H3. The minimum absolute atomic E-state index is 0.482. The van der Waals surface area contributed by atoms with Crippen LogP contribution in [-0.4, -0.2) is 11.3 Å². The first-order valence-electron chi connectivity index (χ1n) is 6.41. The molecule has 1 atom stereocenters. The molecule has 0 amide bonds. The number of anilines is 1. The lowest BCUT2D eigenvalue weighted by atomic mass is 10.1. The van der Waals surface area contributed by atoms with E-state index < -0.39 is 10.8 Å². The van der Waals surface area contributed by atoms with E-state index in [9.17, 15) is 4.21 Å². The Balaban J connectivity index is 2.08. The summed E-state index contributed by atoms with van der Waals surface area (Å²) >= 11 is 0. The minimum atomic E-state index is -0.962. The lowest BCUT2D eigenvalue weighted by Crippen LogP contribution is -2.02. The van der Waals surface area contributed by atoms with Crippen LogP contribution >= 0.6 is 0 Å². The molecule has 2 rings (SSSR count). The maximum atomic E-state index is 12.3. The van der Waals surface area contributed by atoms with Gasteiger partial charge in [0.1, 0.15) is 5.75 Å². The fourth-order valence-electron chi connectivity index (χ4n) is 2.07. The molecular weight excluding hydrogens is 270 g/mol. The number of nitrogens with two attached hydrogens (primary N) is 1. The van der Waals surface area contributed by atoms with Crippen molar-refractivity contribution in [3.8, 4) is 5.75 Å². The Morgan fingerprint density at radius 2 is 1.90 bits per heavy atom. The molecule has 0 saturated heterocycles. The number of hydrogen-bond donors (Lipinski definition) is 1. The first-order chi connectivity index (χ1) is 9.58. The normalized spacial score (nSPS) is 12.1. The van der Waals surface area contributed by atoms with E-state index in [4.69, 9.17) is 10.5 Å². The first kappa shape index (κ1) is 14.6. The third kappa shape index (κ3) is 3.84. The minimum Gasteiger partial charge on any atom is -0.497 e. The van der Waals surface area contributed by atoms with Crippen LogP contribution < -0.4 is 10.5 Å². The molecule has 0 aliphatic carbocycles. The molecule has 3 nitrogen and oxygen atoms in total. The van der Waals surface area contributed by atoms with Crippen LogP contribution in [0.4, 0.5) is 5.69 Å². The second kappa shape index (κ2) is 6.57. The van der Waals surface area contributed by atoms with Gasteiger partial charge in [-0.2, -0.15) is 0 Å². The van der Waals surface area contributed by atoms with Crippen molar-refractivity contribution in [1.82, 2.24) is 0 Å². The molecule has 2 aromatic rings. The molecule has 0 aliphatic heterocycles. The number of rotatable bonds is 5. The average molecular weight is 289 g/mol. The molecule has 2 N–H and O–H groups in total. The predicted molar refractivity (Wildman–Crippen MR) is 84.1 cm³/mol. The Bertz CT molecular complexity index is 626. The summed E-state index contributed by atoms with van der Waals surface area (Å²) in [4.78, 5) is 0. The van der Waals surface area contributed by atoms with Crippen molar-refractivity contribution in [3.05, 3.63) is 59.2 Å². The van der Waals surface area contributed by atoms with Crippen LogP contribution in [0.3, 0.4) is 0 Å². The highest BCUT2D eigenvalue weighted by atomic mass is 32.2. The first-order valence-corrected chi connectivity index (χ1v) is 7.90. The average Bonchev–Trinajstić information content (AvgIpc) is 2.40. The van der Waals surface area contributed by atoms with E-state index in [1.54, 1.807) is 13.2 Å². The van der Waals surface area contributed by atoms with E-state index in [0.29, 0.717) is 22.9 Å². The zero-order valence-corrected chi connectivity index (χ0v) is 12.6. The number of aryl methyl sites for hydroxylation is 1. The molecule has 20 heavy (non-hydrogen) atoms. The second-order valence-electron chi connectivity index (χ2n) is 4.77. The Labute approximate surface area is 122 Å². The summed E-state index contributed by atoms with van der Waals surface area (Å²) in [6.07, 6.45) is 0. The molecular formula is C16H19NO2S. The van der Waals surface area contributed by atoms with Crippen molar-refractivity contribution in [2.75, 3.05) is 12.8 Å². The molecule has 2 aromatic carbocycles. The maximum Gasteiger partial charge on any atom is 0.121 e. The van der Waals surface area contributed by atoms with Gasteiger partial charge < -0.3 is 10.5 Å². The van der Waals surface area contributed by atoms with Crippen LogP contribution in [0, 0.1) is 6.92 Å². The van der Waals surface area contributed by atoms with Crippen LogP contribution in [0.1, 0.15) is 16.7 Å². The highest BCUT2D eigenvalue weighted by molar-refractivity contribution is 7.83. The van der Waals surface area contributed by atoms with Crippen molar-refractivity contribution in [1.29, 1.82) is 0 Å². The number of ether oxygens (including phenoxy) is 1. The van der Waals surface area contributed by atoms with Gasteiger partial charge in [-0.25, -0.2) is 0 Å². The molecule has 0 aliphatic rings. The van der Waals surface area contributed by atoms with Crippen molar-refractivity contribution < 1.29 is 8.95 Å². The maximum absolute atomic E-state index is 12.3. The van der Waals surface area contributed by atoms with Crippen LogP contribution in [0.2, 0.25) is 0 Å². The molecule has 0 radical (unpaired) electrons. The van der Waals surface area contributed by atoms with Gasteiger partial charge in [0.05, 0.1) is 7.11 Å². The van der Waals surface area contributed by atoms with E-state index in [1.807, 2.05) is 43.3 Å². The SMILES string of the molecule is COc1cc(N)cc(CS(=O)Cc2ccccc2C)c1. The molecule has 0 bridgehead atoms. The molecule has 0 saturated carbocycles. The third-order valence-electron chi connectivity index (χ3n) is 3.13. The summed E-state index contributed by atoms with van der Waals surface area (Å²) in [6.45, 7) is 2.04. The number of benzene rings is 2. The van der Waals surface area contributed by atoms with Crippen LogP contribution in [0.15, 0.2) is 42.5 Å². The molecule has 0 heterocycles. The summed E-state index contributed by atoms with van der Waals surface area (Å²) in [5, 5.41) is 0. The van der Waals surface area contributed by atoms with Crippen LogP contribution in [-0.2, 0) is 22.3 Å². The molecule has 0 spiro atoms. The van der Waals surface area contributed by atoms with Crippen molar-refractivity contribution in [2.45, 2.75) is 18.4 Å². The number of hydrogen-bond acceptors (Lipinski definition) is 3. The lowest BCUT2D eigenvalue weighted by Gasteiger charge is -2.08. The van der Waals surface area contributed by atoms with Gasteiger partial charge in [0.25, 0.3) is 0 Å². The summed E-state index contributed by atoms with van der Waals surface area (Å²) < 4.78 is 17.5.